The molecule has 0 spiro atoms. The lowest BCUT2D eigenvalue weighted by atomic mass is 9.92. The third kappa shape index (κ3) is 4.26. The molecule has 1 aliphatic rings. The molecule has 2 nitrogen and oxygen atoms in total. The Hall–Kier alpha value is -0.340. The minimum atomic E-state index is -0.0522. The maximum Gasteiger partial charge on any atom is 0.102 e. The molecule has 0 saturated heterocycles. The molecule has 0 aromatic heterocycles. The minimum Gasteiger partial charge on any atom is -0.629 e. The molecule has 1 N–H and O–H groups in total. The van der Waals surface area contributed by atoms with Crippen LogP contribution in [0, 0.1) is 5.21 Å². The van der Waals surface area contributed by atoms with Crippen LogP contribution in [0.4, 0.5) is 0 Å². The first kappa shape index (κ1) is 13.7. The van der Waals surface area contributed by atoms with Crippen molar-refractivity contribution in [2.75, 3.05) is 0 Å². The zero-order valence-electron chi connectivity index (χ0n) is 10.9. The summed E-state index contributed by atoms with van der Waals surface area (Å²) in [6, 6.07) is 0. The SMILES string of the molecule is CCCCCCCCCC1(C)CC=C[NH+]1[O-]. The first-order chi connectivity index (χ1) is 7.69. The molecule has 0 aromatic rings. The van der Waals surface area contributed by atoms with Crippen molar-refractivity contribution in [2.24, 2.45) is 0 Å². The van der Waals surface area contributed by atoms with E-state index in [1.807, 2.05) is 6.08 Å². The highest BCUT2D eigenvalue weighted by Gasteiger charge is 2.31. The van der Waals surface area contributed by atoms with E-state index in [-0.39, 0.29) is 5.54 Å². The number of unbranched alkanes of at least 4 members (excludes halogenated alkanes) is 6. The van der Waals surface area contributed by atoms with Crippen LogP contribution in [0.1, 0.15) is 71.6 Å². The van der Waals surface area contributed by atoms with Crippen LogP contribution in [0.3, 0.4) is 0 Å². The van der Waals surface area contributed by atoms with Gasteiger partial charge in [-0.25, -0.2) is 0 Å². The molecule has 94 valence electrons. The smallest absolute Gasteiger partial charge is 0.102 e. The van der Waals surface area contributed by atoms with Crippen molar-refractivity contribution in [3.63, 3.8) is 0 Å². The van der Waals surface area contributed by atoms with Gasteiger partial charge in [-0.1, -0.05) is 45.4 Å². The highest BCUT2D eigenvalue weighted by Crippen LogP contribution is 2.19. The normalized spacial score (nSPS) is 28.8. The van der Waals surface area contributed by atoms with Crippen molar-refractivity contribution < 1.29 is 5.06 Å². The highest BCUT2D eigenvalue weighted by atomic mass is 16.5. The van der Waals surface area contributed by atoms with Gasteiger partial charge < -0.3 is 10.3 Å². The van der Waals surface area contributed by atoms with Crippen LogP contribution in [-0.2, 0) is 0 Å². The Bertz CT molecular complexity index is 215. The summed E-state index contributed by atoms with van der Waals surface area (Å²) < 4.78 is 0. The second-order valence-electron chi connectivity index (χ2n) is 5.40. The molecule has 1 heterocycles. The van der Waals surface area contributed by atoms with Crippen LogP contribution < -0.4 is 5.06 Å². The molecule has 2 unspecified atom stereocenters. The zero-order chi connectivity index (χ0) is 11.9. The second-order valence-corrected chi connectivity index (χ2v) is 5.40. The molecule has 0 fully saturated rings. The van der Waals surface area contributed by atoms with E-state index in [2.05, 4.69) is 13.8 Å². The van der Waals surface area contributed by atoms with Gasteiger partial charge >= 0.3 is 0 Å². The van der Waals surface area contributed by atoms with Gasteiger partial charge in [0.1, 0.15) is 5.54 Å². The van der Waals surface area contributed by atoms with Gasteiger partial charge in [-0.15, -0.1) is 0 Å². The van der Waals surface area contributed by atoms with E-state index in [0.29, 0.717) is 5.06 Å². The predicted molar refractivity (Wildman–Crippen MR) is 69.1 cm³/mol. The van der Waals surface area contributed by atoms with Crippen LogP contribution in [0.25, 0.3) is 0 Å². The molecular formula is C14H27NO. The maximum absolute atomic E-state index is 11.6. The van der Waals surface area contributed by atoms with E-state index >= 15 is 0 Å². The third-order valence-corrected chi connectivity index (χ3v) is 3.76. The van der Waals surface area contributed by atoms with Gasteiger partial charge in [0.25, 0.3) is 0 Å². The van der Waals surface area contributed by atoms with E-state index in [1.54, 1.807) is 6.20 Å². The Kier molecular flexibility index (Phi) is 6.07. The average molecular weight is 225 g/mol. The van der Waals surface area contributed by atoms with E-state index in [9.17, 15) is 5.21 Å². The quantitative estimate of drug-likeness (QED) is 0.498. The molecule has 0 saturated carbocycles. The van der Waals surface area contributed by atoms with Crippen LogP contribution in [0.5, 0.6) is 0 Å². The number of hydrogen-bond donors (Lipinski definition) is 1. The molecule has 0 amide bonds. The molecule has 2 heteroatoms. The lowest BCUT2D eigenvalue weighted by Crippen LogP contribution is -3.10. The molecule has 0 bridgehead atoms. The fourth-order valence-electron chi connectivity index (χ4n) is 2.43. The van der Waals surface area contributed by atoms with Crippen LogP contribution in [0.2, 0.25) is 0 Å². The molecule has 16 heavy (non-hydrogen) atoms. The van der Waals surface area contributed by atoms with Gasteiger partial charge in [0.05, 0.1) is 6.20 Å². The summed E-state index contributed by atoms with van der Waals surface area (Å²) in [5.74, 6) is 0. The second kappa shape index (κ2) is 7.08. The van der Waals surface area contributed by atoms with Gasteiger partial charge in [0.15, 0.2) is 0 Å². The largest absolute Gasteiger partial charge is 0.629 e. The van der Waals surface area contributed by atoms with Gasteiger partial charge in [-0.05, 0) is 19.4 Å². The molecule has 0 aromatic carbocycles. The van der Waals surface area contributed by atoms with Crippen LogP contribution >= 0.6 is 0 Å². The van der Waals surface area contributed by atoms with Crippen molar-refractivity contribution in [3.05, 3.63) is 17.5 Å². The fourth-order valence-corrected chi connectivity index (χ4v) is 2.43. The van der Waals surface area contributed by atoms with Gasteiger partial charge in [0, 0.05) is 12.8 Å². The average Bonchev–Trinajstić information content (AvgIpc) is 2.59. The van der Waals surface area contributed by atoms with E-state index < -0.39 is 0 Å². The van der Waals surface area contributed by atoms with Crippen molar-refractivity contribution in [1.82, 2.24) is 0 Å². The zero-order valence-corrected chi connectivity index (χ0v) is 10.9. The first-order valence-electron chi connectivity index (χ1n) is 6.90. The summed E-state index contributed by atoms with van der Waals surface area (Å²) in [6.07, 6.45) is 15.1. The summed E-state index contributed by atoms with van der Waals surface area (Å²) in [5, 5.41) is 12.0. The Morgan fingerprint density at radius 1 is 1.12 bits per heavy atom. The number of quaternary nitrogens is 1. The van der Waals surface area contributed by atoms with E-state index in [4.69, 9.17) is 0 Å². The van der Waals surface area contributed by atoms with Gasteiger partial charge in [0.2, 0.25) is 0 Å². The highest BCUT2D eigenvalue weighted by molar-refractivity contribution is 4.92. The van der Waals surface area contributed by atoms with Crippen molar-refractivity contribution in [1.29, 1.82) is 0 Å². The summed E-state index contributed by atoms with van der Waals surface area (Å²) in [5.41, 5.74) is -0.0522. The predicted octanol–water partition coefficient (Wildman–Crippen LogP) is 3.19. The van der Waals surface area contributed by atoms with E-state index in [1.165, 1.54) is 44.9 Å². The first-order valence-corrected chi connectivity index (χ1v) is 6.90. The monoisotopic (exact) mass is 225 g/mol. The Balaban J connectivity index is 1.99. The number of hydrogen-bond acceptors (Lipinski definition) is 1. The van der Waals surface area contributed by atoms with Crippen molar-refractivity contribution in [3.8, 4) is 0 Å². The summed E-state index contributed by atoms with van der Waals surface area (Å²) in [4.78, 5) is 0. The Morgan fingerprint density at radius 3 is 2.31 bits per heavy atom. The Labute approximate surface area is 100 Å². The number of rotatable bonds is 8. The fraction of sp³-hybridized carbons (Fsp3) is 0.857. The number of nitrogens with one attached hydrogen (secondary N) is 1. The lowest BCUT2D eigenvalue weighted by Gasteiger charge is -2.34. The molecule has 1 aliphatic heterocycles. The molecule has 0 radical (unpaired) electrons. The maximum atomic E-state index is 11.6. The van der Waals surface area contributed by atoms with Crippen molar-refractivity contribution in [2.45, 2.75) is 77.2 Å². The standard InChI is InChI=1S/C14H27NO/c1-3-4-5-6-7-8-9-11-14(2)12-10-13-15(14)16/h10,13,15H,3-9,11-12H2,1-2H3. The Morgan fingerprint density at radius 2 is 1.75 bits per heavy atom. The molecule has 2 atom stereocenters. The van der Waals surface area contributed by atoms with E-state index in [0.717, 1.165) is 12.8 Å². The lowest BCUT2D eigenvalue weighted by molar-refractivity contribution is -0.845. The molecule has 1 rings (SSSR count). The summed E-state index contributed by atoms with van der Waals surface area (Å²) >= 11 is 0. The van der Waals surface area contributed by atoms with Gasteiger partial charge in [-0.3, -0.25) is 0 Å². The molecular weight excluding hydrogens is 198 g/mol. The molecule has 0 aliphatic carbocycles. The topological polar surface area (TPSA) is 27.5 Å². The third-order valence-electron chi connectivity index (χ3n) is 3.76. The minimum absolute atomic E-state index is 0.0522. The number of hydroxylamine groups is 2. The van der Waals surface area contributed by atoms with Crippen LogP contribution in [-0.4, -0.2) is 5.54 Å². The van der Waals surface area contributed by atoms with Crippen molar-refractivity contribution >= 4 is 0 Å². The summed E-state index contributed by atoms with van der Waals surface area (Å²) in [6.45, 7) is 4.37. The van der Waals surface area contributed by atoms with Gasteiger partial charge in [-0.2, -0.15) is 0 Å². The van der Waals surface area contributed by atoms with Crippen LogP contribution in [0.15, 0.2) is 12.3 Å². The summed E-state index contributed by atoms with van der Waals surface area (Å²) in [7, 11) is 0.